The number of rotatable bonds is 6. The third kappa shape index (κ3) is 3.26. The summed E-state index contributed by atoms with van der Waals surface area (Å²) in [5, 5.41) is 10.5. The summed E-state index contributed by atoms with van der Waals surface area (Å²) in [5.41, 5.74) is 1.82. The molecule has 5 heteroatoms. The fourth-order valence-corrected chi connectivity index (χ4v) is 2.30. The number of aromatic nitrogens is 2. The molecule has 2 rings (SSSR count). The Kier molecular flexibility index (Phi) is 4.80. The van der Waals surface area contributed by atoms with Crippen LogP contribution < -0.4 is 0 Å². The average Bonchev–Trinajstić information content (AvgIpc) is 2.73. The molecule has 0 saturated heterocycles. The molecule has 0 spiro atoms. The fourth-order valence-electron chi connectivity index (χ4n) is 2.14. The van der Waals surface area contributed by atoms with Crippen LogP contribution >= 0.6 is 11.6 Å². The summed E-state index contributed by atoms with van der Waals surface area (Å²) in [6.07, 6.45) is 0.282. The summed E-state index contributed by atoms with van der Waals surface area (Å²) in [4.78, 5) is 4.47. The standard InChI is InChI=1S/C14H19ClN2O2/c1-3-19-8-4-7-17-13-9-11(15)5-6-12(13)16-14(17)10(2)18/h5-6,9-10,18H,3-4,7-8H2,1-2H3/t10-/m1/s1. The number of ether oxygens (including phenoxy) is 1. The number of fused-ring (bicyclic) bond motifs is 1. The van der Waals surface area contributed by atoms with Gasteiger partial charge in [-0.2, -0.15) is 0 Å². The number of hydrogen-bond donors (Lipinski definition) is 1. The van der Waals surface area contributed by atoms with Crippen molar-refractivity contribution in [2.24, 2.45) is 0 Å². The van der Waals surface area contributed by atoms with Gasteiger partial charge in [-0.3, -0.25) is 0 Å². The molecule has 0 aliphatic carbocycles. The minimum absolute atomic E-state index is 0.599. The lowest BCUT2D eigenvalue weighted by Gasteiger charge is -2.11. The maximum Gasteiger partial charge on any atom is 0.138 e. The second-order valence-electron chi connectivity index (χ2n) is 4.48. The molecule has 0 saturated carbocycles. The van der Waals surface area contributed by atoms with Gasteiger partial charge in [-0.25, -0.2) is 4.98 Å². The molecule has 4 nitrogen and oxygen atoms in total. The second kappa shape index (κ2) is 6.37. The number of hydrogen-bond acceptors (Lipinski definition) is 3. The molecule has 0 fully saturated rings. The molecule has 0 amide bonds. The molecule has 1 aromatic heterocycles. The van der Waals surface area contributed by atoms with Crippen LogP contribution in [0.25, 0.3) is 11.0 Å². The Bertz CT molecular complexity index is 552. The Hall–Kier alpha value is -1.10. The minimum Gasteiger partial charge on any atom is -0.385 e. The number of halogens is 1. The Morgan fingerprint density at radius 1 is 1.47 bits per heavy atom. The number of nitrogens with zero attached hydrogens (tertiary/aromatic N) is 2. The van der Waals surface area contributed by atoms with Gasteiger partial charge in [-0.05, 0) is 38.5 Å². The van der Waals surface area contributed by atoms with E-state index in [1.165, 1.54) is 0 Å². The molecular weight excluding hydrogens is 264 g/mol. The van der Waals surface area contributed by atoms with Crippen LogP contribution in [0.1, 0.15) is 32.2 Å². The summed E-state index contributed by atoms with van der Waals surface area (Å²) in [6.45, 7) is 5.89. The van der Waals surface area contributed by atoms with E-state index in [4.69, 9.17) is 16.3 Å². The third-order valence-electron chi connectivity index (χ3n) is 2.99. The molecule has 1 aromatic carbocycles. The van der Waals surface area contributed by atoms with Gasteiger partial charge in [0.25, 0.3) is 0 Å². The van der Waals surface area contributed by atoms with Gasteiger partial charge >= 0.3 is 0 Å². The molecular formula is C14H19ClN2O2. The first-order valence-corrected chi connectivity index (χ1v) is 6.92. The van der Waals surface area contributed by atoms with E-state index in [1.54, 1.807) is 6.92 Å². The van der Waals surface area contributed by atoms with Crippen molar-refractivity contribution in [2.75, 3.05) is 13.2 Å². The zero-order valence-electron chi connectivity index (χ0n) is 11.3. The molecule has 0 unspecified atom stereocenters. The summed E-state index contributed by atoms with van der Waals surface area (Å²) in [7, 11) is 0. The highest BCUT2D eigenvalue weighted by Crippen LogP contribution is 2.24. The third-order valence-corrected chi connectivity index (χ3v) is 3.22. The van der Waals surface area contributed by atoms with Crippen molar-refractivity contribution in [2.45, 2.75) is 32.9 Å². The van der Waals surface area contributed by atoms with Crippen molar-refractivity contribution in [1.29, 1.82) is 0 Å². The van der Waals surface area contributed by atoms with Crippen LogP contribution in [0.2, 0.25) is 5.02 Å². The monoisotopic (exact) mass is 282 g/mol. The summed E-state index contributed by atoms with van der Waals surface area (Å²) in [6, 6.07) is 5.58. The Balaban J connectivity index is 2.31. The molecule has 0 radical (unpaired) electrons. The molecule has 0 aliphatic rings. The zero-order valence-corrected chi connectivity index (χ0v) is 12.0. The van der Waals surface area contributed by atoms with Crippen molar-refractivity contribution < 1.29 is 9.84 Å². The van der Waals surface area contributed by atoms with Crippen molar-refractivity contribution in [3.05, 3.63) is 29.0 Å². The van der Waals surface area contributed by atoms with Crippen molar-refractivity contribution in [1.82, 2.24) is 9.55 Å². The van der Waals surface area contributed by atoms with Crippen molar-refractivity contribution in [3.8, 4) is 0 Å². The zero-order chi connectivity index (χ0) is 13.8. The van der Waals surface area contributed by atoms with Gasteiger partial charge in [-0.15, -0.1) is 0 Å². The van der Waals surface area contributed by atoms with Crippen LogP contribution in [0.4, 0.5) is 0 Å². The topological polar surface area (TPSA) is 47.3 Å². The van der Waals surface area contributed by atoms with Crippen LogP contribution in [0.3, 0.4) is 0 Å². The van der Waals surface area contributed by atoms with Crippen LogP contribution in [0, 0.1) is 0 Å². The average molecular weight is 283 g/mol. The Morgan fingerprint density at radius 3 is 2.95 bits per heavy atom. The molecule has 1 heterocycles. The highest BCUT2D eigenvalue weighted by atomic mass is 35.5. The van der Waals surface area contributed by atoms with Crippen LogP contribution in [0.15, 0.2) is 18.2 Å². The maximum atomic E-state index is 9.83. The Labute approximate surface area is 118 Å². The van der Waals surface area contributed by atoms with Gasteiger partial charge < -0.3 is 14.4 Å². The largest absolute Gasteiger partial charge is 0.385 e. The van der Waals surface area contributed by atoms with Gasteiger partial charge in [0.05, 0.1) is 11.0 Å². The van der Waals surface area contributed by atoms with Gasteiger partial charge in [0, 0.05) is 24.8 Å². The summed E-state index contributed by atoms with van der Waals surface area (Å²) >= 11 is 6.03. The predicted molar refractivity (Wildman–Crippen MR) is 76.5 cm³/mol. The lowest BCUT2D eigenvalue weighted by Crippen LogP contribution is -2.09. The van der Waals surface area contributed by atoms with Gasteiger partial charge in [0.15, 0.2) is 0 Å². The number of imidazole rings is 1. The highest BCUT2D eigenvalue weighted by molar-refractivity contribution is 6.31. The number of aliphatic hydroxyl groups is 1. The summed E-state index contributed by atoms with van der Waals surface area (Å²) < 4.78 is 7.36. The normalized spacial score (nSPS) is 13.1. The van der Waals surface area contributed by atoms with Gasteiger partial charge in [-0.1, -0.05) is 11.6 Å². The molecule has 19 heavy (non-hydrogen) atoms. The molecule has 0 bridgehead atoms. The first-order valence-electron chi connectivity index (χ1n) is 6.55. The first kappa shape index (κ1) is 14.3. The maximum absolute atomic E-state index is 9.83. The molecule has 104 valence electrons. The van der Waals surface area contributed by atoms with Crippen LogP contribution in [-0.2, 0) is 11.3 Å². The van der Waals surface area contributed by atoms with E-state index >= 15 is 0 Å². The van der Waals surface area contributed by atoms with E-state index < -0.39 is 6.10 Å². The molecule has 2 aromatic rings. The van der Waals surface area contributed by atoms with Crippen molar-refractivity contribution >= 4 is 22.6 Å². The smallest absolute Gasteiger partial charge is 0.138 e. The quantitative estimate of drug-likeness (QED) is 0.828. The summed E-state index contributed by atoms with van der Waals surface area (Å²) in [5.74, 6) is 0.675. The van der Waals surface area contributed by atoms with Crippen molar-refractivity contribution in [3.63, 3.8) is 0 Å². The lowest BCUT2D eigenvalue weighted by atomic mass is 10.3. The SMILES string of the molecule is CCOCCCn1c([C@@H](C)O)nc2ccc(Cl)cc21. The molecule has 1 atom stereocenters. The lowest BCUT2D eigenvalue weighted by molar-refractivity contribution is 0.139. The van der Waals surface area contributed by atoms with E-state index in [9.17, 15) is 5.11 Å². The molecule has 1 N–H and O–H groups in total. The van der Waals surface area contributed by atoms with Crippen LogP contribution in [-0.4, -0.2) is 27.9 Å². The fraction of sp³-hybridized carbons (Fsp3) is 0.500. The number of aliphatic hydroxyl groups excluding tert-OH is 1. The number of aryl methyl sites for hydroxylation is 1. The van der Waals surface area contributed by atoms with Crippen LogP contribution in [0.5, 0.6) is 0 Å². The number of benzene rings is 1. The first-order chi connectivity index (χ1) is 9.13. The van der Waals surface area contributed by atoms with E-state index in [2.05, 4.69) is 4.98 Å². The van der Waals surface area contributed by atoms with E-state index in [0.29, 0.717) is 17.5 Å². The highest BCUT2D eigenvalue weighted by Gasteiger charge is 2.14. The molecule has 0 aliphatic heterocycles. The second-order valence-corrected chi connectivity index (χ2v) is 4.92. The van der Waals surface area contributed by atoms with Gasteiger partial charge in [0.2, 0.25) is 0 Å². The van der Waals surface area contributed by atoms with E-state index in [-0.39, 0.29) is 0 Å². The Morgan fingerprint density at radius 2 is 2.26 bits per heavy atom. The van der Waals surface area contributed by atoms with Gasteiger partial charge in [0.1, 0.15) is 11.9 Å². The van der Waals surface area contributed by atoms with E-state index in [0.717, 1.165) is 30.6 Å². The predicted octanol–water partition coefficient (Wildman–Crippen LogP) is 3.17. The minimum atomic E-state index is -0.599. The van der Waals surface area contributed by atoms with E-state index in [1.807, 2.05) is 29.7 Å².